The SMILES string of the molecule is CCN1CCC2(CC1)CC(N)c1cc(Br)ccc1O2. The minimum absolute atomic E-state index is 0.0358. The molecule has 1 spiro atoms. The van der Waals surface area contributed by atoms with Gasteiger partial charge in [0, 0.05) is 35.6 Å². The molecule has 0 aliphatic carbocycles. The molecule has 0 aromatic heterocycles. The highest BCUT2D eigenvalue weighted by molar-refractivity contribution is 9.10. The van der Waals surface area contributed by atoms with Crippen LogP contribution in [0, 0.1) is 0 Å². The van der Waals surface area contributed by atoms with Gasteiger partial charge in [-0.25, -0.2) is 0 Å². The molecule has 0 amide bonds. The molecular weight excluding hydrogens is 304 g/mol. The van der Waals surface area contributed by atoms with Gasteiger partial charge >= 0.3 is 0 Å². The lowest BCUT2D eigenvalue weighted by molar-refractivity contribution is -0.0205. The highest BCUT2D eigenvalue weighted by atomic mass is 79.9. The third-order valence-electron chi connectivity index (χ3n) is 4.50. The van der Waals surface area contributed by atoms with Crippen molar-refractivity contribution in [2.24, 2.45) is 5.73 Å². The predicted octanol–water partition coefficient (Wildman–Crippen LogP) is 3.09. The average Bonchev–Trinajstić information content (AvgIpc) is 2.41. The van der Waals surface area contributed by atoms with Crippen LogP contribution >= 0.6 is 15.9 Å². The van der Waals surface area contributed by atoms with Gasteiger partial charge in [0.05, 0.1) is 0 Å². The molecule has 2 aliphatic heterocycles. The van der Waals surface area contributed by atoms with Gasteiger partial charge in [-0.1, -0.05) is 22.9 Å². The Hall–Kier alpha value is -0.580. The van der Waals surface area contributed by atoms with Crippen LogP contribution in [0.2, 0.25) is 0 Å². The fourth-order valence-corrected chi connectivity index (χ4v) is 3.65. The number of ether oxygens (including phenoxy) is 1. The van der Waals surface area contributed by atoms with Crippen molar-refractivity contribution in [3.05, 3.63) is 28.2 Å². The zero-order valence-electron chi connectivity index (χ0n) is 11.4. The van der Waals surface area contributed by atoms with Crippen LogP contribution < -0.4 is 10.5 Å². The lowest BCUT2D eigenvalue weighted by Gasteiger charge is -2.46. The molecule has 2 heterocycles. The Balaban J connectivity index is 1.83. The maximum absolute atomic E-state index is 6.37. The van der Waals surface area contributed by atoms with E-state index in [9.17, 15) is 0 Å². The van der Waals surface area contributed by atoms with Crippen LogP contribution in [0.4, 0.5) is 0 Å². The number of rotatable bonds is 1. The van der Waals surface area contributed by atoms with E-state index >= 15 is 0 Å². The Morgan fingerprint density at radius 3 is 2.84 bits per heavy atom. The van der Waals surface area contributed by atoms with Gasteiger partial charge in [0.25, 0.3) is 0 Å². The summed E-state index contributed by atoms with van der Waals surface area (Å²) in [6.07, 6.45) is 3.11. The Kier molecular flexibility index (Phi) is 3.58. The minimum Gasteiger partial charge on any atom is -0.487 e. The smallest absolute Gasteiger partial charge is 0.124 e. The van der Waals surface area contributed by atoms with Crippen molar-refractivity contribution in [1.82, 2.24) is 4.90 Å². The van der Waals surface area contributed by atoms with Crippen molar-refractivity contribution in [2.75, 3.05) is 19.6 Å². The Morgan fingerprint density at radius 1 is 1.42 bits per heavy atom. The van der Waals surface area contributed by atoms with Crippen LogP contribution in [0.1, 0.15) is 37.8 Å². The summed E-state index contributed by atoms with van der Waals surface area (Å²) in [6.45, 7) is 5.59. The highest BCUT2D eigenvalue weighted by Gasteiger charge is 2.42. The van der Waals surface area contributed by atoms with Gasteiger partial charge in [-0.15, -0.1) is 0 Å². The molecule has 104 valence electrons. The van der Waals surface area contributed by atoms with E-state index < -0.39 is 0 Å². The predicted molar refractivity (Wildman–Crippen MR) is 80.4 cm³/mol. The molecule has 1 atom stereocenters. The first-order chi connectivity index (χ1) is 9.12. The Morgan fingerprint density at radius 2 is 2.16 bits per heavy atom. The fraction of sp³-hybridized carbons (Fsp3) is 0.600. The summed E-state index contributed by atoms with van der Waals surface area (Å²) in [5.41, 5.74) is 7.47. The number of fused-ring (bicyclic) bond motifs is 1. The molecule has 3 rings (SSSR count). The summed E-state index contributed by atoms with van der Waals surface area (Å²) >= 11 is 3.50. The molecule has 1 unspecified atom stereocenters. The largest absolute Gasteiger partial charge is 0.487 e. The zero-order chi connectivity index (χ0) is 13.5. The fourth-order valence-electron chi connectivity index (χ4n) is 3.27. The molecule has 19 heavy (non-hydrogen) atoms. The first-order valence-electron chi connectivity index (χ1n) is 7.08. The number of hydrogen-bond donors (Lipinski definition) is 1. The third-order valence-corrected chi connectivity index (χ3v) is 5.00. The quantitative estimate of drug-likeness (QED) is 0.862. The van der Waals surface area contributed by atoms with Gasteiger partial charge in [-0.05, 0) is 37.6 Å². The standard InChI is InChI=1S/C15H21BrN2O/c1-2-18-7-5-15(6-8-18)10-13(17)12-9-11(16)3-4-14(12)19-15/h3-4,9,13H,2,5-8,10,17H2,1H3. The molecule has 1 aromatic rings. The summed E-state index contributed by atoms with van der Waals surface area (Å²) in [4.78, 5) is 2.48. The van der Waals surface area contributed by atoms with E-state index in [1.54, 1.807) is 0 Å². The third kappa shape index (κ3) is 2.54. The first-order valence-corrected chi connectivity index (χ1v) is 7.87. The van der Waals surface area contributed by atoms with Crippen LogP contribution in [0.5, 0.6) is 5.75 Å². The monoisotopic (exact) mass is 324 g/mol. The van der Waals surface area contributed by atoms with E-state index in [-0.39, 0.29) is 11.6 Å². The van der Waals surface area contributed by atoms with E-state index in [0.29, 0.717) is 0 Å². The Bertz CT molecular complexity index is 469. The molecule has 0 bridgehead atoms. The van der Waals surface area contributed by atoms with E-state index in [1.165, 1.54) is 0 Å². The maximum atomic E-state index is 6.37. The first kappa shape index (κ1) is 13.4. The lowest BCUT2D eigenvalue weighted by Crippen LogP contribution is -2.51. The van der Waals surface area contributed by atoms with Crippen molar-refractivity contribution >= 4 is 15.9 Å². The normalized spacial score (nSPS) is 25.9. The average molecular weight is 325 g/mol. The van der Waals surface area contributed by atoms with Crippen LogP contribution in [-0.2, 0) is 0 Å². The van der Waals surface area contributed by atoms with Crippen LogP contribution in [0.3, 0.4) is 0 Å². The summed E-state index contributed by atoms with van der Waals surface area (Å²) in [5, 5.41) is 0. The molecule has 1 saturated heterocycles. The van der Waals surface area contributed by atoms with Gasteiger partial charge < -0.3 is 15.4 Å². The van der Waals surface area contributed by atoms with Gasteiger partial charge in [-0.2, -0.15) is 0 Å². The molecular formula is C15H21BrN2O. The van der Waals surface area contributed by atoms with Crippen LogP contribution in [-0.4, -0.2) is 30.1 Å². The number of benzene rings is 1. The number of halogens is 1. The number of hydrogen-bond acceptors (Lipinski definition) is 3. The van der Waals surface area contributed by atoms with Crippen molar-refractivity contribution < 1.29 is 4.74 Å². The van der Waals surface area contributed by atoms with Gasteiger partial charge in [0.1, 0.15) is 11.4 Å². The molecule has 1 aromatic carbocycles. The van der Waals surface area contributed by atoms with E-state index in [1.807, 2.05) is 12.1 Å². The van der Waals surface area contributed by atoms with Crippen molar-refractivity contribution in [2.45, 2.75) is 37.8 Å². The van der Waals surface area contributed by atoms with Crippen molar-refractivity contribution in [3.63, 3.8) is 0 Å². The molecule has 0 saturated carbocycles. The summed E-state index contributed by atoms with van der Waals surface area (Å²) in [6, 6.07) is 6.26. The number of piperidine rings is 1. The highest BCUT2D eigenvalue weighted by Crippen LogP contribution is 2.43. The van der Waals surface area contributed by atoms with Gasteiger partial charge in [0.2, 0.25) is 0 Å². The van der Waals surface area contributed by atoms with Gasteiger partial charge in [0.15, 0.2) is 0 Å². The lowest BCUT2D eigenvalue weighted by atomic mass is 9.81. The summed E-state index contributed by atoms with van der Waals surface area (Å²) in [7, 11) is 0. The summed E-state index contributed by atoms with van der Waals surface area (Å²) < 4.78 is 7.42. The molecule has 2 aliphatic rings. The second-order valence-corrected chi connectivity index (χ2v) is 6.63. The van der Waals surface area contributed by atoms with E-state index in [4.69, 9.17) is 10.5 Å². The van der Waals surface area contributed by atoms with E-state index in [0.717, 1.165) is 54.7 Å². The topological polar surface area (TPSA) is 38.5 Å². The maximum Gasteiger partial charge on any atom is 0.124 e. The number of likely N-dealkylation sites (tertiary alicyclic amines) is 1. The molecule has 3 nitrogen and oxygen atoms in total. The summed E-state index contributed by atoms with van der Waals surface area (Å²) in [5.74, 6) is 0.979. The van der Waals surface area contributed by atoms with Crippen LogP contribution in [0.15, 0.2) is 22.7 Å². The van der Waals surface area contributed by atoms with Crippen molar-refractivity contribution in [3.8, 4) is 5.75 Å². The van der Waals surface area contributed by atoms with Gasteiger partial charge in [-0.3, -0.25) is 0 Å². The number of nitrogens with zero attached hydrogens (tertiary/aromatic N) is 1. The van der Waals surface area contributed by atoms with E-state index in [2.05, 4.69) is 33.8 Å². The second-order valence-electron chi connectivity index (χ2n) is 5.71. The molecule has 1 fully saturated rings. The zero-order valence-corrected chi connectivity index (χ0v) is 12.9. The van der Waals surface area contributed by atoms with Crippen molar-refractivity contribution in [1.29, 1.82) is 0 Å². The minimum atomic E-state index is -0.0358. The number of nitrogens with two attached hydrogens (primary N) is 1. The molecule has 2 N–H and O–H groups in total. The Labute approximate surface area is 123 Å². The second kappa shape index (κ2) is 5.08. The molecule has 4 heteroatoms. The van der Waals surface area contributed by atoms with Crippen LogP contribution in [0.25, 0.3) is 0 Å². The molecule has 0 radical (unpaired) electrons.